The molecule has 4 heteroatoms. The fourth-order valence-electron chi connectivity index (χ4n) is 0. The minimum Gasteiger partial charge on any atom is -0.360 e. The lowest BCUT2D eigenvalue weighted by atomic mass is 11.0. The van der Waals surface area contributed by atoms with E-state index in [1.807, 2.05) is 26.0 Å². The standard InChI is InChI=1S/C3H9N.H5NOSi/c1-4(2)3;1-2-3/h1-3H3;1H2,3H3. The van der Waals surface area contributed by atoms with Crippen molar-refractivity contribution in [3.05, 3.63) is 0 Å². The summed E-state index contributed by atoms with van der Waals surface area (Å²) in [6.45, 7) is 0. The number of hydrogen-bond acceptors (Lipinski definition) is 3. The monoisotopic (exact) mass is 122 g/mol. The van der Waals surface area contributed by atoms with Gasteiger partial charge in [-0.3, -0.25) is 0 Å². The molecule has 0 aliphatic rings. The SMILES string of the molecule is CN(C)C.NO[SiH3]. The van der Waals surface area contributed by atoms with Gasteiger partial charge in [-0.25, -0.2) is 5.90 Å². The largest absolute Gasteiger partial charge is 0.360 e. The molecule has 0 radical (unpaired) electrons. The van der Waals surface area contributed by atoms with Crippen molar-refractivity contribution in [3.63, 3.8) is 0 Å². The Labute approximate surface area is 47.9 Å². The molecular formula is C3H14N2OSi. The summed E-state index contributed by atoms with van der Waals surface area (Å²) in [5.41, 5.74) is 0. The van der Waals surface area contributed by atoms with Gasteiger partial charge in [-0.2, -0.15) is 0 Å². The third kappa shape index (κ3) is 10900. The molecule has 0 saturated heterocycles. The van der Waals surface area contributed by atoms with Crippen LogP contribution in [-0.4, -0.2) is 36.5 Å². The fraction of sp³-hybridized carbons (Fsp3) is 1.00. The summed E-state index contributed by atoms with van der Waals surface area (Å²) >= 11 is 0. The van der Waals surface area contributed by atoms with Crippen LogP contribution < -0.4 is 5.90 Å². The topological polar surface area (TPSA) is 38.5 Å². The van der Waals surface area contributed by atoms with E-state index in [-0.39, 0.29) is 0 Å². The van der Waals surface area contributed by atoms with Gasteiger partial charge in [0.15, 0.2) is 10.5 Å². The maximum atomic E-state index is 4.41. The Morgan fingerprint density at radius 1 is 1.43 bits per heavy atom. The highest BCUT2D eigenvalue weighted by atomic mass is 28.2. The Balaban J connectivity index is 0. The molecule has 0 aromatic heterocycles. The Kier molecular flexibility index (Phi) is 13.7. The summed E-state index contributed by atoms with van der Waals surface area (Å²) in [5, 5.41) is 0. The molecule has 0 atom stereocenters. The second-order valence-corrected chi connectivity index (χ2v) is 2.05. The van der Waals surface area contributed by atoms with Crippen LogP contribution >= 0.6 is 0 Å². The van der Waals surface area contributed by atoms with Crippen LogP contribution in [0, 0.1) is 0 Å². The Morgan fingerprint density at radius 2 is 1.43 bits per heavy atom. The van der Waals surface area contributed by atoms with E-state index in [1.54, 1.807) is 0 Å². The summed E-state index contributed by atoms with van der Waals surface area (Å²) < 4.78 is 3.89. The molecule has 0 aromatic carbocycles. The van der Waals surface area contributed by atoms with Crippen molar-refractivity contribution in [3.8, 4) is 0 Å². The second kappa shape index (κ2) is 9.44. The predicted molar refractivity (Wildman–Crippen MR) is 34.8 cm³/mol. The quantitative estimate of drug-likeness (QED) is 0.308. The maximum absolute atomic E-state index is 4.41. The lowest BCUT2D eigenvalue weighted by Gasteiger charge is -1.90. The van der Waals surface area contributed by atoms with Gasteiger partial charge in [0.25, 0.3) is 0 Å². The normalized spacial score (nSPS) is 8.14. The lowest BCUT2D eigenvalue weighted by molar-refractivity contribution is 0.371. The molecule has 46 valence electrons. The summed E-state index contributed by atoms with van der Waals surface area (Å²) in [6.07, 6.45) is 0. The summed E-state index contributed by atoms with van der Waals surface area (Å²) in [5.74, 6) is 4.41. The smallest absolute Gasteiger partial charge is 0.174 e. The summed E-state index contributed by atoms with van der Waals surface area (Å²) in [7, 11) is 6.65. The van der Waals surface area contributed by atoms with Crippen molar-refractivity contribution in [2.45, 2.75) is 0 Å². The van der Waals surface area contributed by atoms with E-state index >= 15 is 0 Å². The van der Waals surface area contributed by atoms with Crippen molar-refractivity contribution in [1.82, 2.24) is 4.90 Å². The van der Waals surface area contributed by atoms with E-state index in [1.165, 1.54) is 0 Å². The van der Waals surface area contributed by atoms with Gasteiger partial charge in [-0.1, -0.05) is 0 Å². The molecule has 7 heavy (non-hydrogen) atoms. The van der Waals surface area contributed by atoms with Crippen molar-refractivity contribution < 1.29 is 4.53 Å². The number of rotatable bonds is 0. The van der Waals surface area contributed by atoms with Gasteiger partial charge in [0.05, 0.1) is 0 Å². The van der Waals surface area contributed by atoms with Gasteiger partial charge in [-0.15, -0.1) is 0 Å². The summed E-state index contributed by atoms with van der Waals surface area (Å²) in [4.78, 5) is 2.00. The number of nitrogens with two attached hydrogens (primary N) is 1. The maximum Gasteiger partial charge on any atom is 0.174 e. The first kappa shape index (κ1) is 10.2. The highest BCUT2D eigenvalue weighted by molar-refractivity contribution is 5.97. The van der Waals surface area contributed by atoms with Crippen molar-refractivity contribution in [2.75, 3.05) is 21.1 Å². The molecule has 3 nitrogen and oxygen atoms in total. The van der Waals surface area contributed by atoms with Crippen molar-refractivity contribution in [1.29, 1.82) is 0 Å². The predicted octanol–water partition coefficient (Wildman–Crippen LogP) is -1.67. The molecule has 0 fully saturated rings. The van der Waals surface area contributed by atoms with Crippen LogP contribution in [0.5, 0.6) is 0 Å². The molecule has 0 aromatic rings. The first-order valence-electron chi connectivity index (χ1n) is 1.99. The van der Waals surface area contributed by atoms with E-state index in [4.69, 9.17) is 0 Å². The molecule has 0 saturated carbocycles. The zero-order valence-corrected chi connectivity index (χ0v) is 7.43. The second-order valence-electron chi connectivity index (χ2n) is 1.58. The van der Waals surface area contributed by atoms with Gasteiger partial charge >= 0.3 is 0 Å². The highest BCUT2D eigenvalue weighted by Crippen LogP contribution is 1.47. The van der Waals surface area contributed by atoms with Gasteiger partial charge in [0, 0.05) is 0 Å². The molecule has 0 spiro atoms. The fourth-order valence-corrected chi connectivity index (χ4v) is 0. The molecule has 0 unspecified atom stereocenters. The Bertz CT molecular complexity index is 24.1. The average Bonchev–Trinajstić information content (AvgIpc) is 1.33. The summed E-state index contributed by atoms with van der Waals surface area (Å²) in [6, 6.07) is 0. The van der Waals surface area contributed by atoms with Crippen LogP contribution in [0.25, 0.3) is 0 Å². The van der Waals surface area contributed by atoms with Gasteiger partial charge in [-0.05, 0) is 21.1 Å². The van der Waals surface area contributed by atoms with Crippen LogP contribution in [-0.2, 0) is 4.53 Å². The third-order valence-corrected chi connectivity index (χ3v) is 0. The van der Waals surface area contributed by atoms with E-state index in [0.717, 1.165) is 0 Å². The molecule has 0 aliphatic heterocycles. The highest BCUT2D eigenvalue weighted by Gasteiger charge is 1.58. The lowest BCUT2D eigenvalue weighted by Crippen LogP contribution is -1.99. The molecule has 0 amide bonds. The minimum atomic E-state index is 0.647. The molecule has 0 bridgehead atoms. The van der Waals surface area contributed by atoms with Crippen LogP contribution in [0.4, 0.5) is 0 Å². The number of hydrogen-bond donors (Lipinski definition) is 1. The zero-order chi connectivity index (χ0) is 6.28. The molecule has 2 N–H and O–H groups in total. The number of nitrogens with zero attached hydrogens (tertiary/aromatic N) is 1. The van der Waals surface area contributed by atoms with Crippen LogP contribution in [0.15, 0.2) is 0 Å². The van der Waals surface area contributed by atoms with Crippen LogP contribution in [0.2, 0.25) is 0 Å². The van der Waals surface area contributed by atoms with Gasteiger partial charge in [0.2, 0.25) is 0 Å². The first-order valence-corrected chi connectivity index (χ1v) is 2.80. The first-order chi connectivity index (χ1) is 3.15. The molecule has 0 aliphatic carbocycles. The van der Waals surface area contributed by atoms with Gasteiger partial charge in [0.1, 0.15) is 0 Å². The van der Waals surface area contributed by atoms with Crippen LogP contribution in [0.3, 0.4) is 0 Å². The Hall–Kier alpha value is 0.0969. The molecular weight excluding hydrogens is 108 g/mol. The van der Waals surface area contributed by atoms with E-state index in [2.05, 4.69) is 10.4 Å². The third-order valence-electron chi connectivity index (χ3n) is 0. The van der Waals surface area contributed by atoms with E-state index in [9.17, 15) is 0 Å². The van der Waals surface area contributed by atoms with Gasteiger partial charge < -0.3 is 9.43 Å². The minimum absolute atomic E-state index is 0.647. The zero-order valence-electron chi connectivity index (χ0n) is 5.43. The molecule has 0 rings (SSSR count). The van der Waals surface area contributed by atoms with Crippen molar-refractivity contribution >= 4 is 10.5 Å². The van der Waals surface area contributed by atoms with E-state index in [0.29, 0.717) is 10.5 Å². The molecule has 0 heterocycles. The van der Waals surface area contributed by atoms with Crippen molar-refractivity contribution in [2.24, 2.45) is 5.90 Å². The van der Waals surface area contributed by atoms with E-state index < -0.39 is 0 Å². The Morgan fingerprint density at radius 3 is 1.43 bits per heavy atom. The average molecular weight is 122 g/mol. The van der Waals surface area contributed by atoms with Crippen LogP contribution in [0.1, 0.15) is 0 Å².